The summed E-state index contributed by atoms with van der Waals surface area (Å²) < 4.78 is 6.98. The Bertz CT molecular complexity index is 673. The quantitative estimate of drug-likeness (QED) is 0.610. The smallest absolute Gasteiger partial charge is 0.271 e. The number of hydrazone groups is 1. The van der Waals surface area contributed by atoms with Crippen LogP contribution < -0.4 is 10.2 Å². The molecule has 0 radical (unpaired) electrons. The lowest BCUT2D eigenvalue weighted by Gasteiger charge is -2.07. The molecule has 4 nitrogen and oxygen atoms in total. The monoisotopic (exact) mass is 410 g/mol. The maximum atomic E-state index is 11.8. The van der Waals surface area contributed by atoms with Gasteiger partial charge in [-0.05, 0) is 40.2 Å². The number of hydrogen-bond acceptors (Lipinski definition) is 3. The van der Waals surface area contributed by atoms with Gasteiger partial charge in [0.2, 0.25) is 0 Å². The van der Waals surface area contributed by atoms with Crippen LogP contribution in [0, 0.1) is 0 Å². The summed E-state index contributed by atoms with van der Waals surface area (Å²) in [5.74, 6) is 0.385. The van der Waals surface area contributed by atoms with Gasteiger partial charge in [0, 0.05) is 15.6 Å². The average molecular weight is 412 g/mol. The zero-order valence-electron chi connectivity index (χ0n) is 11.1. The number of nitrogens with one attached hydrogen (secondary N) is 1. The number of rotatable bonds is 4. The summed E-state index contributed by atoms with van der Waals surface area (Å²) in [7, 11) is 1.58. The SMILES string of the molecule is COc1c(Br)cc(Br)cc1/C=N/NC(=O)c1ccccc1. The highest BCUT2D eigenvalue weighted by Crippen LogP contribution is 2.31. The van der Waals surface area contributed by atoms with Gasteiger partial charge in [0.25, 0.3) is 5.91 Å². The van der Waals surface area contributed by atoms with Gasteiger partial charge >= 0.3 is 0 Å². The number of hydrogen-bond donors (Lipinski definition) is 1. The van der Waals surface area contributed by atoms with Gasteiger partial charge in [-0.2, -0.15) is 5.10 Å². The van der Waals surface area contributed by atoms with E-state index in [1.807, 2.05) is 18.2 Å². The minimum Gasteiger partial charge on any atom is -0.495 e. The zero-order chi connectivity index (χ0) is 15.2. The summed E-state index contributed by atoms with van der Waals surface area (Å²) in [5.41, 5.74) is 3.78. The van der Waals surface area contributed by atoms with Crippen molar-refractivity contribution in [2.24, 2.45) is 5.10 Å². The van der Waals surface area contributed by atoms with Crippen LogP contribution in [0.15, 0.2) is 56.5 Å². The number of benzene rings is 2. The summed E-state index contributed by atoms with van der Waals surface area (Å²) >= 11 is 6.81. The number of carbonyl (C=O) groups excluding carboxylic acids is 1. The first-order valence-corrected chi connectivity index (χ1v) is 7.62. The molecule has 0 aliphatic rings. The van der Waals surface area contributed by atoms with Crippen molar-refractivity contribution in [3.63, 3.8) is 0 Å². The Kier molecular flexibility index (Phi) is 5.52. The summed E-state index contributed by atoms with van der Waals surface area (Å²) in [4.78, 5) is 11.8. The molecule has 6 heteroatoms. The van der Waals surface area contributed by atoms with Gasteiger partial charge in [-0.3, -0.25) is 4.79 Å². The van der Waals surface area contributed by atoms with Gasteiger partial charge in [-0.15, -0.1) is 0 Å². The Morgan fingerprint density at radius 3 is 2.62 bits per heavy atom. The Balaban J connectivity index is 2.13. The van der Waals surface area contributed by atoms with E-state index in [0.29, 0.717) is 11.3 Å². The predicted octanol–water partition coefficient (Wildman–Crippen LogP) is 3.98. The normalized spacial score (nSPS) is 10.6. The highest BCUT2D eigenvalue weighted by Gasteiger charge is 2.08. The molecule has 0 unspecified atom stereocenters. The number of methoxy groups -OCH3 is 1. The number of amides is 1. The maximum absolute atomic E-state index is 11.8. The van der Waals surface area contributed by atoms with E-state index < -0.39 is 0 Å². The lowest BCUT2D eigenvalue weighted by atomic mass is 10.2. The summed E-state index contributed by atoms with van der Waals surface area (Å²) in [6.07, 6.45) is 1.54. The van der Waals surface area contributed by atoms with E-state index in [2.05, 4.69) is 42.4 Å². The molecule has 0 aliphatic heterocycles. The molecule has 2 aromatic carbocycles. The van der Waals surface area contributed by atoms with Crippen LogP contribution in [0.1, 0.15) is 15.9 Å². The lowest BCUT2D eigenvalue weighted by molar-refractivity contribution is 0.0955. The fourth-order valence-corrected chi connectivity index (χ4v) is 3.13. The molecule has 0 fully saturated rings. The van der Waals surface area contributed by atoms with E-state index in [0.717, 1.165) is 14.5 Å². The number of ether oxygens (including phenoxy) is 1. The van der Waals surface area contributed by atoms with Gasteiger partial charge in [0.05, 0.1) is 17.8 Å². The molecule has 2 rings (SSSR count). The highest BCUT2D eigenvalue weighted by atomic mass is 79.9. The van der Waals surface area contributed by atoms with Crippen molar-refractivity contribution in [1.82, 2.24) is 5.43 Å². The molecule has 0 heterocycles. The maximum Gasteiger partial charge on any atom is 0.271 e. The molecule has 0 aromatic heterocycles. The van der Waals surface area contributed by atoms with Gasteiger partial charge in [-0.25, -0.2) is 5.43 Å². The topological polar surface area (TPSA) is 50.7 Å². The van der Waals surface area contributed by atoms with Gasteiger partial charge < -0.3 is 4.74 Å². The highest BCUT2D eigenvalue weighted by molar-refractivity contribution is 9.11. The van der Waals surface area contributed by atoms with Crippen molar-refractivity contribution in [3.05, 3.63) is 62.5 Å². The van der Waals surface area contributed by atoms with Gasteiger partial charge in [-0.1, -0.05) is 34.1 Å². The van der Waals surface area contributed by atoms with Crippen molar-refractivity contribution in [2.75, 3.05) is 7.11 Å². The van der Waals surface area contributed by atoms with E-state index in [1.54, 1.807) is 31.4 Å². The van der Waals surface area contributed by atoms with Crippen LogP contribution in [0.3, 0.4) is 0 Å². The fraction of sp³-hybridized carbons (Fsp3) is 0.0667. The van der Waals surface area contributed by atoms with Crippen LogP contribution in [-0.2, 0) is 0 Å². The molecule has 21 heavy (non-hydrogen) atoms. The molecule has 0 aliphatic carbocycles. The van der Waals surface area contributed by atoms with Crippen LogP contribution >= 0.6 is 31.9 Å². The van der Waals surface area contributed by atoms with Crippen LogP contribution in [-0.4, -0.2) is 19.2 Å². The number of nitrogens with zero attached hydrogens (tertiary/aromatic N) is 1. The lowest BCUT2D eigenvalue weighted by Crippen LogP contribution is -2.17. The minimum absolute atomic E-state index is 0.264. The largest absolute Gasteiger partial charge is 0.495 e. The zero-order valence-corrected chi connectivity index (χ0v) is 14.3. The fourth-order valence-electron chi connectivity index (χ4n) is 1.71. The molecular weight excluding hydrogens is 400 g/mol. The van der Waals surface area contributed by atoms with E-state index in [4.69, 9.17) is 4.74 Å². The Morgan fingerprint density at radius 2 is 1.95 bits per heavy atom. The van der Waals surface area contributed by atoms with Gasteiger partial charge in [0.1, 0.15) is 5.75 Å². The number of halogens is 2. The van der Waals surface area contributed by atoms with Gasteiger partial charge in [0.15, 0.2) is 0 Å². The minimum atomic E-state index is -0.264. The first-order valence-electron chi connectivity index (χ1n) is 6.03. The Labute approximate surface area is 139 Å². The van der Waals surface area contributed by atoms with E-state index in [-0.39, 0.29) is 5.91 Å². The molecule has 108 valence electrons. The molecule has 0 atom stereocenters. The second-order valence-electron chi connectivity index (χ2n) is 4.08. The van der Waals surface area contributed by atoms with Crippen molar-refractivity contribution < 1.29 is 9.53 Å². The molecule has 0 bridgehead atoms. The van der Waals surface area contributed by atoms with E-state index in [1.165, 1.54) is 6.21 Å². The average Bonchev–Trinajstić information content (AvgIpc) is 2.47. The molecule has 0 saturated heterocycles. The molecule has 1 amide bonds. The van der Waals surface area contributed by atoms with Crippen LogP contribution in [0.4, 0.5) is 0 Å². The van der Waals surface area contributed by atoms with Crippen molar-refractivity contribution in [1.29, 1.82) is 0 Å². The third-order valence-corrected chi connectivity index (χ3v) is 3.69. The van der Waals surface area contributed by atoms with E-state index >= 15 is 0 Å². The van der Waals surface area contributed by atoms with Crippen molar-refractivity contribution >= 4 is 44.0 Å². The van der Waals surface area contributed by atoms with Crippen LogP contribution in [0.2, 0.25) is 0 Å². The van der Waals surface area contributed by atoms with Crippen molar-refractivity contribution in [2.45, 2.75) is 0 Å². The Morgan fingerprint density at radius 1 is 1.24 bits per heavy atom. The standard InChI is InChI=1S/C15H12Br2N2O2/c1-21-14-11(7-12(16)8-13(14)17)9-18-19-15(20)10-5-3-2-4-6-10/h2-9H,1H3,(H,19,20)/b18-9+. The molecular formula is C15H12Br2N2O2. The second kappa shape index (κ2) is 7.38. The number of carbonyl (C=O) groups is 1. The molecule has 1 N–H and O–H groups in total. The first kappa shape index (κ1) is 15.7. The molecule has 0 saturated carbocycles. The predicted molar refractivity (Wildman–Crippen MR) is 89.9 cm³/mol. The third kappa shape index (κ3) is 4.15. The first-order chi connectivity index (χ1) is 10.1. The molecule has 2 aromatic rings. The van der Waals surface area contributed by atoms with Crippen molar-refractivity contribution in [3.8, 4) is 5.75 Å². The van der Waals surface area contributed by atoms with E-state index in [9.17, 15) is 4.79 Å². The summed E-state index contributed by atoms with van der Waals surface area (Å²) in [6, 6.07) is 12.6. The second-order valence-corrected chi connectivity index (χ2v) is 5.85. The Hall–Kier alpha value is -1.66. The van der Waals surface area contributed by atoms with Crippen LogP contribution in [0.25, 0.3) is 0 Å². The summed E-state index contributed by atoms with van der Waals surface area (Å²) in [5, 5.41) is 3.96. The molecule has 0 spiro atoms. The van der Waals surface area contributed by atoms with Crippen LogP contribution in [0.5, 0.6) is 5.75 Å². The third-order valence-electron chi connectivity index (χ3n) is 2.65. The summed E-state index contributed by atoms with van der Waals surface area (Å²) in [6.45, 7) is 0.